The second-order valence-corrected chi connectivity index (χ2v) is 4.17. The first-order valence-corrected chi connectivity index (χ1v) is 5.83. The summed E-state index contributed by atoms with van der Waals surface area (Å²) in [6, 6.07) is 11.9. The van der Waals surface area contributed by atoms with Crippen LogP contribution in [0.1, 0.15) is 5.56 Å². The first-order chi connectivity index (χ1) is 9.13. The van der Waals surface area contributed by atoms with E-state index in [9.17, 15) is 0 Å². The average molecular weight is 275 g/mol. The number of hydrogen-bond acceptors (Lipinski definition) is 4. The van der Waals surface area contributed by atoms with Crippen molar-refractivity contribution in [1.29, 1.82) is 5.26 Å². The van der Waals surface area contributed by atoms with Gasteiger partial charge in [0.15, 0.2) is 11.5 Å². The van der Waals surface area contributed by atoms with Gasteiger partial charge in [-0.25, -0.2) is 0 Å². The predicted molar refractivity (Wildman–Crippen MR) is 73.6 cm³/mol. The van der Waals surface area contributed by atoms with E-state index in [0.717, 1.165) is 0 Å². The summed E-state index contributed by atoms with van der Waals surface area (Å²) < 4.78 is 10.8. The number of anilines is 1. The minimum atomic E-state index is 0.342. The third-order valence-electron chi connectivity index (χ3n) is 2.48. The summed E-state index contributed by atoms with van der Waals surface area (Å²) in [6.45, 7) is 0. The van der Waals surface area contributed by atoms with Gasteiger partial charge in [0.2, 0.25) is 0 Å². The molecule has 0 amide bonds. The third-order valence-corrected chi connectivity index (χ3v) is 2.79. The number of methoxy groups -OCH3 is 1. The van der Waals surface area contributed by atoms with E-state index in [1.807, 2.05) is 6.07 Å². The Hall–Kier alpha value is -2.38. The molecule has 0 unspecified atom stereocenters. The van der Waals surface area contributed by atoms with E-state index >= 15 is 0 Å². The quantitative estimate of drug-likeness (QED) is 0.869. The Bertz CT molecular complexity index is 650. The van der Waals surface area contributed by atoms with Crippen molar-refractivity contribution in [3.8, 4) is 23.3 Å². The van der Waals surface area contributed by atoms with Crippen molar-refractivity contribution in [2.24, 2.45) is 0 Å². The highest BCUT2D eigenvalue weighted by atomic mass is 35.5. The van der Waals surface area contributed by atoms with Crippen molar-refractivity contribution in [3.63, 3.8) is 0 Å². The van der Waals surface area contributed by atoms with E-state index in [1.54, 1.807) is 36.4 Å². The van der Waals surface area contributed by atoms with Crippen LogP contribution < -0.4 is 15.2 Å². The molecule has 0 aliphatic heterocycles. The summed E-state index contributed by atoms with van der Waals surface area (Å²) in [7, 11) is 1.54. The maximum atomic E-state index is 8.80. The van der Waals surface area contributed by atoms with Crippen LogP contribution in [-0.4, -0.2) is 7.11 Å². The van der Waals surface area contributed by atoms with Crippen LogP contribution in [0.15, 0.2) is 36.4 Å². The second kappa shape index (κ2) is 5.51. The Morgan fingerprint density at radius 3 is 2.58 bits per heavy atom. The number of ether oxygens (including phenoxy) is 2. The summed E-state index contributed by atoms with van der Waals surface area (Å²) in [5.41, 5.74) is 6.65. The molecule has 0 spiro atoms. The number of nitrogen functional groups attached to an aromatic ring is 1. The summed E-state index contributed by atoms with van der Waals surface area (Å²) in [5, 5.41) is 9.14. The van der Waals surface area contributed by atoms with Crippen LogP contribution in [0.4, 0.5) is 5.69 Å². The molecule has 2 N–H and O–H groups in total. The second-order valence-electron chi connectivity index (χ2n) is 3.77. The lowest BCUT2D eigenvalue weighted by Gasteiger charge is -2.11. The fraction of sp³-hybridized carbons (Fsp3) is 0.0714. The normalized spacial score (nSPS) is 9.74. The largest absolute Gasteiger partial charge is 0.493 e. The van der Waals surface area contributed by atoms with Gasteiger partial charge < -0.3 is 15.2 Å². The Morgan fingerprint density at radius 1 is 1.16 bits per heavy atom. The van der Waals surface area contributed by atoms with Gasteiger partial charge in [-0.15, -0.1) is 0 Å². The molecule has 0 aliphatic carbocycles. The topological polar surface area (TPSA) is 68.3 Å². The highest BCUT2D eigenvalue weighted by Gasteiger charge is 2.08. The van der Waals surface area contributed by atoms with E-state index in [4.69, 9.17) is 32.1 Å². The van der Waals surface area contributed by atoms with Crippen LogP contribution in [0.3, 0.4) is 0 Å². The van der Waals surface area contributed by atoms with Gasteiger partial charge >= 0.3 is 0 Å². The lowest BCUT2D eigenvalue weighted by molar-refractivity contribution is 0.379. The molecule has 2 aromatic rings. The van der Waals surface area contributed by atoms with Gasteiger partial charge in [0.1, 0.15) is 11.8 Å². The average Bonchev–Trinajstić information content (AvgIpc) is 2.41. The number of rotatable bonds is 3. The Kier molecular flexibility index (Phi) is 3.79. The van der Waals surface area contributed by atoms with E-state index < -0.39 is 0 Å². The van der Waals surface area contributed by atoms with Crippen LogP contribution in [-0.2, 0) is 0 Å². The fourth-order valence-corrected chi connectivity index (χ4v) is 1.76. The monoisotopic (exact) mass is 274 g/mol. The van der Waals surface area contributed by atoms with Crippen molar-refractivity contribution < 1.29 is 9.47 Å². The molecule has 0 radical (unpaired) electrons. The fourth-order valence-electron chi connectivity index (χ4n) is 1.55. The highest BCUT2D eigenvalue weighted by Crippen LogP contribution is 2.34. The molecular formula is C14H11ClN2O2. The minimum absolute atomic E-state index is 0.342. The first kappa shape index (κ1) is 13.1. The van der Waals surface area contributed by atoms with Gasteiger partial charge in [-0.1, -0.05) is 11.6 Å². The lowest BCUT2D eigenvalue weighted by atomic mass is 10.2. The molecule has 4 nitrogen and oxygen atoms in total. The predicted octanol–water partition coefficient (Wildman–Crippen LogP) is 3.59. The SMILES string of the molecule is COc1cc(N)ccc1Oc1ccc(C#N)c(Cl)c1. The highest BCUT2D eigenvalue weighted by molar-refractivity contribution is 6.31. The molecule has 96 valence electrons. The molecule has 0 fully saturated rings. The van der Waals surface area contributed by atoms with Gasteiger partial charge in [-0.05, 0) is 24.3 Å². The van der Waals surface area contributed by atoms with Gasteiger partial charge in [0.05, 0.1) is 17.7 Å². The number of halogens is 1. The van der Waals surface area contributed by atoms with Crippen molar-refractivity contribution in [1.82, 2.24) is 0 Å². The molecule has 0 saturated heterocycles. The Morgan fingerprint density at radius 2 is 1.95 bits per heavy atom. The zero-order valence-electron chi connectivity index (χ0n) is 10.2. The summed E-state index contributed by atoms with van der Waals surface area (Å²) >= 11 is 5.94. The molecule has 0 bridgehead atoms. The maximum absolute atomic E-state index is 8.80. The van der Waals surface area contributed by atoms with Crippen molar-refractivity contribution >= 4 is 17.3 Å². The van der Waals surface area contributed by atoms with Crippen molar-refractivity contribution in [2.75, 3.05) is 12.8 Å². The first-order valence-electron chi connectivity index (χ1n) is 5.45. The van der Waals surface area contributed by atoms with Crippen molar-refractivity contribution in [2.45, 2.75) is 0 Å². The summed E-state index contributed by atoms with van der Waals surface area (Å²) in [4.78, 5) is 0. The van der Waals surface area contributed by atoms with E-state index in [-0.39, 0.29) is 0 Å². The number of nitrogens with two attached hydrogens (primary N) is 1. The van der Waals surface area contributed by atoms with Crippen LogP contribution >= 0.6 is 11.6 Å². The number of nitriles is 1. The standard InChI is InChI=1S/C14H11ClN2O2/c1-18-14-6-10(17)3-5-13(14)19-11-4-2-9(8-16)12(15)7-11/h2-7H,17H2,1H3. The van der Waals surface area contributed by atoms with Crippen molar-refractivity contribution in [3.05, 3.63) is 47.0 Å². The van der Waals surface area contributed by atoms with Gasteiger partial charge in [0.25, 0.3) is 0 Å². The molecule has 2 aromatic carbocycles. The zero-order chi connectivity index (χ0) is 13.8. The number of nitrogens with zero attached hydrogens (tertiary/aromatic N) is 1. The minimum Gasteiger partial charge on any atom is -0.493 e. The van der Waals surface area contributed by atoms with Gasteiger partial charge in [0, 0.05) is 17.8 Å². The van der Waals surface area contributed by atoms with Gasteiger partial charge in [-0.2, -0.15) is 5.26 Å². The lowest BCUT2D eigenvalue weighted by Crippen LogP contribution is -1.93. The number of hydrogen-bond donors (Lipinski definition) is 1. The summed E-state index contributed by atoms with van der Waals surface area (Å²) in [6.07, 6.45) is 0. The molecule has 5 heteroatoms. The smallest absolute Gasteiger partial charge is 0.169 e. The van der Waals surface area contributed by atoms with E-state index in [0.29, 0.717) is 33.5 Å². The maximum Gasteiger partial charge on any atom is 0.169 e. The van der Waals surface area contributed by atoms with Crippen LogP contribution in [0.2, 0.25) is 5.02 Å². The molecule has 2 rings (SSSR count). The molecule has 0 heterocycles. The molecule has 0 aliphatic rings. The third kappa shape index (κ3) is 2.90. The molecule has 19 heavy (non-hydrogen) atoms. The molecule has 0 atom stereocenters. The van der Waals surface area contributed by atoms with Crippen LogP contribution in [0.25, 0.3) is 0 Å². The number of benzene rings is 2. The molecule has 0 saturated carbocycles. The molecular weight excluding hydrogens is 264 g/mol. The van der Waals surface area contributed by atoms with E-state index in [1.165, 1.54) is 7.11 Å². The Labute approximate surface area is 115 Å². The van der Waals surface area contributed by atoms with Crippen LogP contribution in [0, 0.1) is 11.3 Å². The van der Waals surface area contributed by atoms with Crippen LogP contribution in [0.5, 0.6) is 17.2 Å². The van der Waals surface area contributed by atoms with E-state index in [2.05, 4.69) is 0 Å². The zero-order valence-corrected chi connectivity index (χ0v) is 10.9. The molecule has 0 aromatic heterocycles. The summed E-state index contributed by atoms with van der Waals surface area (Å²) in [5.74, 6) is 1.57. The van der Waals surface area contributed by atoms with Gasteiger partial charge in [-0.3, -0.25) is 0 Å². The Balaban J connectivity index is 2.31.